The number of nitrogens with two attached hydrogens (primary N) is 2. The monoisotopic (exact) mass is 578 g/mol. The van der Waals surface area contributed by atoms with Crippen LogP contribution in [0.2, 0.25) is 0 Å². The highest BCUT2D eigenvalue weighted by atomic mass is 19.2. The maximum atomic E-state index is 14.1. The van der Waals surface area contributed by atoms with Gasteiger partial charge in [-0.2, -0.15) is 0 Å². The number of nitrogens with one attached hydrogen (secondary N) is 1. The number of rotatable bonds is 12. The molecular weight excluding hydrogens is 542 g/mol. The van der Waals surface area contributed by atoms with Crippen LogP contribution in [0.3, 0.4) is 0 Å². The Balaban J connectivity index is 1.80. The number of benzene rings is 3. The molecule has 0 aliphatic heterocycles. The summed E-state index contributed by atoms with van der Waals surface area (Å²) in [4.78, 5) is 31.6. The van der Waals surface area contributed by atoms with E-state index >= 15 is 0 Å². The van der Waals surface area contributed by atoms with Crippen molar-refractivity contribution in [3.63, 3.8) is 0 Å². The zero-order chi connectivity index (χ0) is 30.6. The summed E-state index contributed by atoms with van der Waals surface area (Å²) in [5, 5.41) is 12.4. The number of carbonyl (C=O) groups excluding carboxylic acids is 2. The molecule has 1 aromatic heterocycles. The van der Waals surface area contributed by atoms with Gasteiger partial charge in [0.15, 0.2) is 11.6 Å². The molecule has 0 aliphatic rings. The minimum absolute atomic E-state index is 0.195. The largest absolute Gasteiger partial charge is 0.391 e. The van der Waals surface area contributed by atoms with E-state index in [1.165, 1.54) is 13.0 Å². The van der Waals surface area contributed by atoms with Gasteiger partial charge in [-0.05, 0) is 80.4 Å². The van der Waals surface area contributed by atoms with E-state index in [2.05, 4.69) is 24.1 Å². The van der Waals surface area contributed by atoms with Crippen LogP contribution >= 0.6 is 0 Å². The minimum Gasteiger partial charge on any atom is -0.391 e. The molecule has 1 heterocycles. The van der Waals surface area contributed by atoms with Gasteiger partial charge < -0.3 is 31.4 Å². The fourth-order valence-electron chi connectivity index (χ4n) is 4.92. The van der Waals surface area contributed by atoms with Gasteiger partial charge in [0.1, 0.15) is 11.9 Å². The summed E-state index contributed by atoms with van der Waals surface area (Å²) in [5.74, 6) is -2.53. The van der Waals surface area contributed by atoms with E-state index in [9.17, 15) is 23.5 Å². The highest BCUT2D eigenvalue weighted by Crippen LogP contribution is 2.30. The molecule has 6 N–H and O–H groups in total. The highest BCUT2D eigenvalue weighted by molar-refractivity contribution is 5.85. The molecule has 4 rings (SSSR count). The van der Waals surface area contributed by atoms with Crippen LogP contribution in [0.15, 0.2) is 60.7 Å². The van der Waals surface area contributed by atoms with E-state index in [1.54, 1.807) is 18.2 Å². The first-order valence-corrected chi connectivity index (χ1v) is 13.8. The molecule has 0 fully saturated rings. The van der Waals surface area contributed by atoms with Crippen molar-refractivity contribution < 1.29 is 23.5 Å². The topological polar surface area (TPSA) is 140 Å². The van der Waals surface area contributed by atoms with Gasteiger partial charge in [-0.1, -0.05) is 12.1 Å². The number of nitrogens with zero attached hydrogens (tertiary/aromatic N) is 3. The number of carbonyl (C=O) groups is 2. The van der Waals surface area contributed by atoms with Crippen molar-refractivity contribution in [1.82, 2.24) is 14.9 Å². The molecule has 9 nitrogen and oxygen atoms in total. The standard InChI is InChI=1S/C31H36F2N6O3/c1-4-38(5-2)22-10-7-20(8-11-22)30-36-26-15-21(25(16-28(34)41)37-31(42)29(35)18(3)40)9-13-27(26)39(30)17-19-6-12-23(32)24(33)14-19/h6-15,18,25,29,40H,4-5,16-17,35H2,1-3H3,(H2,34,41)(H,37,42)/t18-,25?,29-/m0/s1. The van der Waals surface area contributed by atoms with Gasteiger partial charge in [0, 0.05) is 30.9 Å². The number of hydrogen-bond donors (Lipinski definition) is 4. The smallest absolute Gasteiger partial charge is 0.240 e. The van der Waals surface area contributed by atoms with Crippen LogP contribution in [0.1, 0.15) is 44.4 Å². The molecule has 42 heavy (non-hydrogen) atoms. The number of aliphatic hydroxyl groups is 1. The lowest BCUT2D eigenvalue weighted by atomic mass is 10.0. The van der Waals surface area contributed by atoms with Crippen molar-refractivity contribution in [3.8, 4) is 11.4 Å². The molecule has 0 saturated heterocycles. The number of anilines is 1. The Morgan fingerprint density at radius 3 is 2.31 bits per heavy atom. The molecule has 3 aromatic carbocycles. The molecule has 4 aromatic rings. The van der Waals surface area contributed by atoms with Gasteiger partial charge in [0.25, 0.3) is 0 Å². The van der Waals surface area contributed by atoms with Crippen LogP contribution in [-0.4, -0.2) is 51.7 Å². The predicted molar refractivity (Wildman–Crippen MR) is 159 cm³/mol. The lowest BCUT2D eigenvalue weighted by molar-refractivity contribution is -0.125. The Hall–Kier alpha value is -4.35. The Morgan fingerprint density at radius 2 is 1.71 bits per heavy atom. The van der Waals surface area contributed by atoms with Crippen LogP contribution in [0.25, 0.3) is 22.4 Å². The number of primary amides is 1. The quantitative estimate of drug-likeness (QED) is 0.203. The second kappa shape index (κ2) is 13.1. The van der Waals surface area contributed by atoms with E-state index in [0.717, 1.165) is 36.5 Å². The average Bonchev–Trinajstić information content (AvgIpc) is 3.32. The van der Waals surface area contributed by atoms with Crippen LogP contribution in [0, 0.1) is 11.6 Å². The Labute approximate surface area is 243 Å². The number of aliphatic hydroxyl groups excluding tert-OH is 1. The van der Waals surface area contributed by atoms with E-state index in [1.807, 2.05) is 28.8 Å². The summed E-state index contributed by atoms with van der Waals surface area (Å²) >= 11 is 0. The third-order valence-corrected chi connectivity index (χ3v) is 7.30. The van der Waals surface area contributed by atoms with Gasteiger partial charge in [0.2, 0.25) is 11.8 Å². The summed E-state index contributed by atoms with van der Waals surface area (Å²) in [6.45, 7) is 7.50. The van der Waals surface area contributed by atoms with Gasteiger partial charge >= 0.3 is 0 Å². The molecular formula is C31H36F2N6O3. The third-order valence-electron chi connectivity index (χ3n) is 7.30. The first kappa shape index (κ1) is 30.6. The third kappa shape index (κ3) is 6.75. The molecule has 0 aliphatic carbocycles. The zero-order valence-electron chi connectivity index (χ0n) is 23.8. The summed E-state index contributed by atoms with van der Waals surface area (Å²) in [7, 11) is 0. The molecule has 1 unspecified atom stereocenters. The summed E-state index contributed by atoms with van der Waals surface area (Å²) < 4.78 is 29.6. The number of imidazole rings is 1. The summed E-state index contributed by atoms with van der Waals surface area (Å²) in [6.07, 6.45) is -1.29. The highest BCUT2D eigenvalue weighted by Gasteiger charge is 2.25. The number of aromatic nitrogens is 2. The molecule has 0 bridgehead atoms. The molecule has 2 amide bonds. The summed E-state index contributed by atoms with van der Waals surface area (Å²) in [5.41, 5.74) is 15.5. The van der Waals surface area contributed by atoms with E-state index in [4.69, 9.17) is 16.5 Å². The van der Waals surface area contributed by atoms with Crippen molar-refractivity contribution >= 4 is 28.5 Å². The summed E-state index contributed by atoms with van der Waals surface area (Å²) in [6, 6.07) is 15.0. The van der Waals surface area contributed by atoms with E-state index in [-0.39, 0.29) is 13.0 Å². The zero-order valence-corrected chi connectivity index (χ0v) is 23.8. The van der Waals surface area contributed by atoms with Gasteiger partial charge in [0.05, 0.1) is 29.6 Å². The maximum absolute atomic E-state index is 14.1. The van der Waals surface area contributed by atoms with Gasteiger partial charge in [-0.25, -0.2) is 13.8 Å². The molecule has 0 spiro atoms. The number of fused-ring (bicyclic) bond motifs is 1. The van der Waals surface area contributed by atoms with Gasteiger partial charge in [-0.15, -0.1) is 0 Å². The van der Waals surface area contributed by atoms with Crippen molar-refractivity contribution in [2.75, 3.05) is 18.0 Å². The first-order valence-electron chi connectivity index (χ1n) is 13.8. The normalized spacial score (nSPS) is 13.5. The molecule has 0 radical (unpaired) electrons. The second-order valence-corrected chi connectivity index (χ2v) is 10.2. The molecule has 0 saturated carbocycles. The van der Waals surface area contributed by atoms with Crippen LogP contribution < -0.4 is 21.7 Å². The number of amides is 2. The fourth-order valence-corrected chi connectivity index (χ4v) is 4.92. The SMILES string of the molecule is CCN(CC)c1ccc(-c2nc3cc(C(CC(N)=O)NC(=O)[C@@H](N)[C@H](C)O)ccc3n2Cc2ccc(F)c(F)c2)cc1. The van der Waals surface area contributed by atoms with Crippen molar-refractivity contribution in [2.24, 2.45) is 11.5 Å². The Kier molecular flexibility index (Phi) is 9.54. The van der Waals surface area contributed by atoms with E-state index in [0.29, 0.717) is 28.0 Å². The Morgan fingerprint density at radius 1 is 1.02 bits per heavy atom. The van der Waals surface area contributed by atoms with Crippen LogP contribution in [-0.2, 0) is 16.1 Å². The van der Waals surface area contributed by atoms with Gasteiger partial charge in [-0.3, -0.25) is 9.59 Å². The number of hydrogen-bond acceptors (Lipinski definition) is 6. The van der Waals surface area contributed by atoms with Crippen LogP contribution in [0.4, 0.5) is 14.5 Å². The molecule has 3 atom stereocenters. The molecule has 11 heteroatoms. The Bertz CT molecular complexity index is 1570. The van der Waals surface area contributed by atoms with Crippen molar-refractivity contribution in [2.45, 2.75) is 51.9 Å². The van der Waals surface area contributed by atoms with Crippen LogP contribution in [0.5, 0.6) is 0 Å². The molecule has 222 valence electrons. The maximum Gasteiger partial charge on any atom is 0.240 e. The first-order chi connectivity index (χ1) is 20.0. The van der Waals surface area contributed by atoms with Crippen molar-refractivity contribution in [1.29, 1.82) is 0 Å². The lowest BCUT2D eigenvalue weighted by Gasteiger charge is -2.21. The lowest BCUT2D eigenvalue weighted by Crippen LogP contribution is -2.48. The minimum atomic E-state index is -1.19. The fraction of sp³-hybridized carbons (Fsp3) is 0.323. The number of halogens is 2. The second-order valence-electron chi connectivity index (χ2n) is 10.2. The van der Waals surface area contributed by atoms with Crippen molar-refractivity contribution in [3.05, 3.63) is 83.4 Å². The average molecular weight is 579 g/mol. The van der Waals surface area contributed by atoms with E-state index < -0.39 is 41.6 Å². The predicted octanol–water partition coefficient (Wildman–Crippen LogP) is 3.62.